The van der Waals surface area contributed by atoms with Crippen molar-refractivity contribution in [2.45, 2.75) is 12.7 Å². The minimum atomic E-state index is -4.41. The van der Waals surface area contributed by atoms with Gasteiger partial charge >= 0.3 is 6.18 Å². The minimum absolute atomic E-state index is 0.0256. The van der Waals surface area contributed by atoms with Crippen LogP contribution in [-0.2, 0) is 12.7 Å². The monoisotopic (exact) mass is 296 g/mol. The lowest BCUT2D eigenvalue weighted by molar-refractivity contribution is -0.138. The summed E-state index contributed by atoms with van der Waals surface area (Å²) in [5, 5.41) is 2.96. The first kappa shape index (κ1) is 15.1. The minimum Gasteiger partial charge on any atom is -0.376 e. The van der Waals surface area contributed by atoms with E-state index in [1.165, 1.54) is 12.3 Å². The van der Waals surface area contributed by atoms with Crippen LogP contribution in [0, 0.1) is 0 Å². The molecule has 0 aromatic carbocycles. The summed E-state index contributed by atoms with van der Waals surface area (Å²) in [7, 11) is 3.63. The molecule has 0 spiro atoms. The van der Waals surface area contributed by atoms with Crippen molar-refractivity contribution < 1.29 is 13.2 Å². The zero-order chi connectivity index (χ0) is 15.5. The van der Waals surface area contributed by atoms with Crippen LogP contribution in [0.2, 0.25) is 0 Å². The summed E-state index contributed by atoms with van der Waals surface area (Å²) in [6.07, 6.45) is -1.44. The third kappa shape index (κ3) is 3.62. The summed E-state index contributed by atoms with van der Waals surface area (Å²) in [4.78, 5) is 9.78. The molecule has 21 heavy (non-hydrogen) atoms. The normalized spacial score (nSPS) is 11.3. The second kappa shape index (κ2) is 5.99. The summed E-state index contributed by atoms with van der Waals surface area (Å²) in [6, 6.07) is 5.79. The van der Waals surface area contributed by atoms with Crippen LogP contribution in [0.15, 0.2) is 36.7 Å². The highest BCUT2D eigenvalue weighted by Crippen LogP contribution is 2.31. The molecule has 7 heteroatoms. The number of alkyl halides is 3. The highest BCUT2D eigenvalue weighted by Gasteiger charge is 2.33. The van der Waals surface area contributed by atoms with Gasteiger partial charge in [0.1, 0.15) is 0 Å². The van der Waals surface area contributed by atoms with Crippen molar-refractivity contribution in [3.63, 3.8) is 0 Å². The molecule has 4 nitrogen and oxygen atoms in total. The van der Waals surface area contributed by atoms with Gasteiger partial charge in [0.25, 0.3) is 0 Å². The van der Waals surface area contributed by atoms with Crippen LogP contribution in [-0.4, -0.2) is 24.1 Å². The van der Waals surface area contributed by atoms with E-state index in [0.29, 0.717) is 11.5 Å². The summed E-state index contributed by atoms with van der Waals surface area (Å²) >= 11 is 0. The lowest BCUT2D eigenvalue weighted by atomic mass is 10.2. The third-order valence-corrected chi connectivity index (χ3v) is 2.85. The molecule has 0 saturated carbocycles. The predicted octanol–water partition coefficient (Wildman–Crippen LogP) is 3.17. The summed E-state index contributed by atoms with van der Waals surface area (Å²) < 4.78 is 38.7. The molecule has 2 rings (SSSR count). The van der Waals surface area contributed by atoms with Gasteiger partial charge in [0, 0.05) is 26.5 Å². The van der Waals surface area contributed by atoms with E-state index >= 15 is 0 Å². The Balaban J connectivity index is 2.22. The smallest absolute Gasteiger partial charge is 0.376 e. The van der Waals surface area contributed by atoms with E-state index in [2.05, 4.69) is 15.3 Å². The molecule has 0 aliphatic rings. The quantitative estimate of drug-likeness (QED) is 0.941. The van der Waals surface area contributed by atoms with Crippen LogP contribution < -0.4 is 10.2 Å². The van der Waals surface area contributed by atoms with Crippen LogP contribution in [0.4, 0.5) is 24.7 Å². The number of nitrogens with one attached hydrogen (secondary N) is 1. The van der Waals surface area contributed by atoms with Crippen LogP contribution in [0.3, 0.4) is 0 Å². The van der Waals surface area contributed by atoms with Crippen molar-refractivity contribution in [1.82, 2.24) is 9.97 Å². The number of rotatable bonds is 4. The van der Waals surface area contributed by atoms with E-state index in [-0.39, 0.29) is 12.2 Å². The second-order valence-corrected chi connectivity index (χ2v) is 4.62. The van der Waals surface area contributed by atoms with Gasteiger partial charge in [-0.2, -0.15) is 13.2 Å². The standard InChI is InChI=1S/C14H15F3N4/c1-21(2)13-11(6-4-8-19-13)20-9-12-10(14(15,16)17)5-3-7-18-12/h3-8,20H,9H2,1-2H3. The zero-order valence-corrected chi connectivity index (χ0v) is 11.6. The maximum Gasteiger partial charge on any atom is 0.418 e. The van der Waals surface area contributed by atoms with Gasteiger partial charge in [-0.1, -0.05) is 0 Å². The number of nitrogens with zero attached hydrogens (tertiary/aromatic N) is 3. The summed E-state index contributed by atoms with van der Waals surface area (Å²) in [6.45, 7) is -0.0256. The summed E-state index contributed by atoms with van der Waals surface area (Å²) in [5.41, 5.74) is -0.118. The van der Waals surface area contributed by atoms with E-state index in [1.807, 2.05) is 14.1 Å². The first-order valence-corrected chi connectivity index (χ1v) is 6.27. The molecule has 0 aliphatic carbocycles. The van der Waals surface area contributed by atoms with Crippen LogP contribution in [0.1, 0.15) is 11.3 Å². The largest absolute Gasteiger partial charge is 0.418 e. The number of hydrogen-bond acceptors (Lipinski definition) is 4. The van der Waals surface area contributed by atoms with Crippen molar-refractivity contribution in [3.8, 4) is 0 Å². The van der Waals surface area contributed by atoms with E-state index in [0.717, 1.165) is 6.07 Å². The molecular weight excluding hydrogens is 281 g/mol. The molecular formula is C14H15F3N4. The van der Waals surface area contributed by atoms with Gasteiger partial charge in [-0.3, -0.25) is 4.98 Å². The fraction of sp³-hybridized carbons (Fsp3) is 0.286. The van der Waals surface area contributed by atoms with Crippen molar-refractivity contribution in [3.05, 3.63) is 47.9 Å². The van der Waals surface area contributed by atoms with E-state index < -0.39 is 11.7 Å². The van der Waals surface area contributed by atoms with Crippen molar-refractivity contribution >= 4 is 11.5 Å². The average molecular weight is 296 g/mol. The molecule has 2 heterocycles. The zero-order valence-electron chi connectivity index (χ0n) is 11.6. The van der Waals surface area contributed by atoms with Crippen molar-refractivity contribution in [2.24, 2.45) is 0 Å². The molecule has 0 fully saturated rings. The number of aromatic nitrogens is 2. The fourth-order valence-corrected chi connectivity index (χ4v) is 1.91. The molecule has 112 valence electrons. The Kier molecular flexibility index (Phi) is 4.30. The number of pyridine rings is 2. The second-order valence-electron chi connectivity index (χ2n) is 4.62. The van der Waals surface area contributed by atoms with Gasteiger partial charge in [0.2, 0.25) is 0 Å². The van der Waals surface area contributed by atoms with Gasteiger partial charge in [-0.25, -0.2) is 4.98 Å². The molecule has 0 radical (unpaired) electrons. The molecule has 0 bridgehead atoms. The molecule has 0 atom stereocenters. The average Bonchev–Trinajstić information content (AvgIpc) is 2.44. The Hall–Kier alpha value is -2.31. The fourth-order valence-electron chi connectivity index (χ4n) is 1.91. The number of anilines is 2. The summed E-state index contributed by atoms with van der Waals surface area (Å²) in [5.74, 6) is 0.655. The van der Waals surface area contributed by atoms with Gasteiger partial charge in [-0.15, -0.1) is 0 Å². The van der Waals surface area contributed by atoms with Gasteiger partial charge < -0.3 is 10.2 Å². The van der Waals surface area contributed by atoms with Crippen LogP contribution in [0.25, 0.3) is 0 Å². The Labute approximate surface area is 120 Å². The van der Waals surface area contributed by atoms with E-state index in [1.54, 1.807) is 23.2 Å². The van der Waals surface area contributed by atoms with Gasteiger partial charge in [0.15, 0.2) is 5.82 Å². The Morgan fingerprint density at radius 2 is 1.76 bits per heavy atom. The SMILES string of the molecule is CN(C)c1ncccc1NCc1ncccc1C(F)(F)F. The van der Waals surface area contributed by atoms with Crippen LogP contribution in [0.5, 0.6) is 0 Å². The molecule has 2 aromatic heterocycles. The third-order valence-electron chi connectivity index (χ3n) is 2.85. The molecule has 2 aromatic rings. The van der Waals surface area contributed by atoms with Crippen LogP contribution >= 0.6 is 0 Å². The topological polar surface area (TPSA) is 41.1 Å². The number of hydrogen-bond donors (Lipinski definition) is 1. The maximum atomic E-state index is 12.9. The first-order valence-electron chi connectivity index (χ1n) is 6.27. The van der Waals surface area contributed by atoms with Crippen molar-refractivity contribution in [1.29, 1.82) is 0 Å². The molecule has 0 unspecified atom stereocenters. The van der Waals surface area contributed by atoms with Gasteiger partial charge in [0.05, 0.1) is 23.5 Å². The van der Waals surface area contributed by atoms with E-state index in [4.69, 9.17) is 0 Å². The highest BCUT2D eigenvalue weighted by atomic mass is 19.4. The Morgan fingerprint density at radius 3 is 2.43 bits per heavy atom. The highest BCUT2D eigenvalue weighted by molar-refractivity contribution is 5.64. The maximum absolute atomic E-state index is 12.9. The Morgan fingerprint density at radius 1 is 1.10 bits per heavy atom. The molecule has 0 saturated heterocycles. The number of halogens is 3. The lowest BCUT2D eigenvalue weighted by Gasteiger charge is -2.18. The van der Waals surface area contributed by atoms with Gasteiger partial charge in [-0.05, 0) is 24.3 Å². The molecule has 1 N–H and O–H groups in total. The first-order chi connectivity index (χ1) is 9.89. The molecule has 0 amide bonds. The Bertz CT molecular complexity index is 611. The predicted molar refractivity (Wildman–Crippen MR) is 75.1 cm³/mol. The van der Waals surface area contributed by atoms with E-state index in [9.17, 15) is 13.2 Å². The lowest BCUT2D eigenvalue weighted by Crippen LogP contribution is -2.16. The molecule has 0 aliphatic heterocycles. The van der Waals surface area contributed by atoms with Crippen molar-refractivity contribution in [2.75, 3.05) is 24.3 Å².